The van der Waals surface area contributed by atoms with Gasteiger partial charge in [-0.2, -0.15) is 0 Å². The van der Waals surface area contributed by atoms with Crippen LogP contribution in [-0.4, -0.2) is 23.9 Å². The summed E-state index contributed by atoms with van der Waals surface area (Å²) in [6, 6.07) is 0. The van der Waals surface area contributed by atoms with Crippen LogP contribution in [-0.2, 0) is 9.47 Å². The first kappa shape index (κ1) is 30.6. The third kappa shape index (κ3) is 21.9. The maximum absolute atomic E-state index is 5.67. The van der Waals surface area contributed by atoms with Crippen LogP contribution in [0.1, 0.15) is 125 Å². The molecule has 5 unspecified atom stereocenters. The van der Waals surface area contributed by atoms with E-state index in [9.17, 15) is 0 Å². The molecule has 0 aromatic heterocycles. The standard InChI is InChI=1S/C27H55IO2/c1-7-8-9-10-11-12-13-16-29-22-30-17-14-15-23(2)18-24(3)19-25(4)20-26(5)21-27(6)28/h23-27H,7-22H2,1-6H3. The molecule has 0 N–H and O–H groups in total. The van der Waals surface area contributed by atoms with E-state index in [-0.39, 0.29) is 0 Å². The summed E-state index contributed by atoms with van der Waals surface area (Å²) >= 11 is 2.56. The maximum Gasteiger partial charge on any atom is 0.146 e. The van der Waals surface area contributed by atoms with Crippen LogP contribution in [0.15, 0.2) is 0 Å². The van der Waals surface area contributed by atoms with E-state index in [1.165, 1.54) is 77.0 Å². The molecule has 0 rings (SSSR count). The molecule has 0 aromatic carbocycles. The van der Waals surface area contributed by atoms with Crippen molar-refractivity contribution in [3.63, 3.8) is 0 Å². The monoisotopic (exact) mass is 538 g/mol. The van der Waals surface area contributed by atoms with Crippen molar-refractivity contribution in [2.24, 2.45) is 23.7 Å². The highest BCUT2D eigenvalue weighted by Crippen LogP contribution is 2.27. The molecule has 0 heterocycles. The number of rotatable bonds is 22. The highest BCUT2D eigenvalue weighted by atomic mass is 127. The number of unbranched alkanes of at least 4 members (excludes halogenated alkanes) is 6. The van der Waals surface area contributed by atoms with E-state index < -0.39 is 0 Å². The van der Waals surface area contributed by atoms with E-state index in [4.69, 9.17) is 9.47 Å². The van der Waals surface area contributed by atoms with Crippen LogP contribution in [0.2, 0.25) is 0 Å². The number of hydrogen-bond donors (Lipinski definition) is 0. The Hall–Kier alpha value is 0.650. The van der Waals surface area contributed by atoms with E-state index in [0.717, 1.165) is 47.2 Å². The molecule has 0 saturated carbocycles. The minimum Gasteiger partial charge on any atom is -0.355 e. The third-order valence-corrected chi connectivity index (χ3v) is 6.69. The van der Waals surface area contributed by atoms with Gasteiger partial charge in [-0.15, -0.1) is 0 Å². The quantitative estimate of drug-likeness (QED) is 0.0592. The second-order valence-corrected chi connectivity index (χ2v) is 12.5. The zero-order valence-electron chi connectivity index (χ0n) is 21.4. The van der Waals surface area contributed by atoms with E-state index in [1.54, 1.807) is 0 Å². The molecule has 0 amide bonds. The van der Waals surface area contributed by atoms with Gasteiger partial charge in [-0.05, 0) is 68.6 Å². The van der Waals surface area contributed by atoms with E-state index in [0.29, 0.717) is 6.79 Å². The highest BCUT2D eigenvalue weighted by Gasteiger charge is 2.15. The van der Waals surface area contributed by atoms with Crippen LogP contribution in [0.4, 0.5) is 0 Å². The molecule has 0 radical (unpaired) electrons. The van der Waals surface area contributed by atoms with Crippen molar-refractivity contribution in [1.29, 1.82) is 0 Å². The fourth-order valence-electron chi connectivity index (χ4n) is 4.89. The topological polar surface area (TPSA) is 18.5 Å². The van der Waals surface area contributed by atoms with Gasteiger partial charge in [0.1, 0.15) is 6.79 Å². The van der Waals surface area contributed by atoms with Crippen molar-refractivity contribution in [2.75, 3.05) is 20.0 Å². The Labute approximate surface area is 204 Å². The Morgan fingerprint density at radius 2 is 1.03 bits per heavy atom. The molecule has 0 aliphatic carbocycles. The van der Waals surface area contributed by atoms with Gasteiger partial charge < -0.3 is 9.47 Å². The highest BCUT2D eigenvalue weighted by molar-refractivity contribution is 14.1. The second kappa shape index (κ2) is 21.5. The summed E-state index contributed by atoms with van der Waals surface area (Å²) in [7, 11) is 0. The van der Waals surface area contributed by atoms with Crippen molar-refractivity contribution in [3.05, 3.63) is 0 Å². The van der Waals surface area contributed by atoms with E-state index >= 15 is 0 Å². The zero-order valence-corrected chi connectivity index (χ0v) is 23.6. The first-order valence-corrected chi connectivity index (χ1v) is 14.4. The molecular formula is C27H55IO2. The predicted octanol–water partition coefficient (Wildman–Crippen LogP) is 9.44. The van der Waals surface area contributed by atoms with Crippen molar-refractivity contribution in [3.8, 4) is 0 Å². The Bertz CT molecular complexity index is 348. The molecule has 0 saturated heterocycles. The van der Waals surface area contributed by atoms with Crippen molar-refractivity contribution in [2.45, 2.75) is 129 Å². The maximum atomic E-state index is 5.67. The third-order valence-electron chi connectivity index (χ3n) is 6.19. The summed E-state index contributed by atoms with van der Waals surface area (Å²) in [6.07, 6.45) is 17.3. The predicted molar refractivity (Wildman–Crippen MR) is 143 cm³/mol. The lowest BCUT2D eigenvalue weighted by Gasteiger charge is -2.23. The molecule has 2 nitrogen and oxygen atoms in total. The van der Waals surface area contributed by atoms with Gasteiger partial charge in [-0.3, -0.25) is 0 Å². The average molecular weight is 539 g/mol. The normalized spacial score (nSPS) is 16.9. The molecule has 5 atom stereocenters. The average Bonchev–Trinajstić information content (AvgIpc) is 2.64. The molecular weight excluding hydrogens is 483 g/mol. The van der Waals surface area contributed by atoms with Gasteiger partial charge >= 0.3 is 0 Å². The first-order chi connectivity index (χ1) is 14.3. The van der Waals surface area contributed by atoms with E-state index in [1.807, 2.05) is 0 Å². The van der Waals surface area contributed by atoms with Gasteiger partial charge in [-0.25, -0.2) is 0 Å². The van der Waals surface area contributed by atoms with Gasteiger partial charge in [0.15, 0.2) is 0 Å². The van der Waals surface area contributed by atoms with Crippen LogP contribution in [0.25, 0.3) is 0 Å². The minimum atomic E-state index is 0.478. The first-order valence-electron chi connectivity index (χ1n) is 13.1. The SMILES string of the molecule is CCCCCCCCCOCOCCCC(C)CC(C)CC(C)CC(C)CC(C)I. The smallest absolute Gasteiger partial charge is 0.146 e. The largest absolute Gasteiger partial charge is 0.355 e. The molecule has 30 heavy (non-hydrogen) atoms. The fourth-order valence-corrected chi connectivity index (χ4v) is 5.76. The van der Waals surface area contributed by atoms with Gasteiger partial charge in [0.05, 0.1) is 0 Å². The van der Waals surface area contributed by atoms with Crippen molar-refractivity contribution in [1.82, 2.24) is 0 Å². The van der Waals surface area contributed by atoms with Crippen molar-refractivity contribution >= 4 is 22.6 Å². The Morgan fingerprint density at radius 3 is 1.60 bits per heavy atom. The summed E-state index contributed by atoms with van der Waals surface area (Å²) in [6.45, 7) is 16.5. The van der Waals surface area contributed by atoms with Crippen LogP contribution >= 0.6 is 22.6 Å². The van der Waals surface area contributed by atoms with Crippen LogP contribution in [0.3, 0.4) is 0 Å². The summed E-state index contributed by atoms with van der Waals surface area (Å²) in [5, 5.41) is 0. The lowest BCUT2D eigenvalue weighted by molar-refractivity contribution is -0.0561. The van der Waals surface area contributed by atoms with Gasteiger partial charge in [0, 0.05) is 17.1 Å². The number of ether oxygens (including phenoxy) is 2. The van der Waals surface area contributed by atoms with E-state index in [2.05, 4.69) is 64.1 Å². The molecule has 0 aliphatic rings. The summed E-state index contributed by atoms with van der Waals surface area (Å²) in [5.74, 6) is 3.36. The molecule has 3 heteroatoms. The summed E-state index contributed by atoms with van der Waals surface area (Å²) < 4.78 is 12.1. The molecule has 0 aliphatic heterocycles. The Morgan fingerprint density at radius 1 is 0.567 bits per heavy atom. The fraction of sp³-hybridized carbons (Fsp3) is 1.00. The van der Waals surface area contributed by atoms with Gasteiger partial charge in [-0.1, -0.05) is 103 Å². The lowest BCUT2D eigenvalue weighted by atomic mass is 9.84. The Kier molecular flexibility index (Phi) is 22.0. The second-order valence-electron chi connectivity index (χ2n) is 10.3. The van der Waals surface area contributed by atoms with Crippen molar-refractivity contribution < 1.29 is 9.47 Å². The minimum absolute atomic E-state index is 0.478. The molecule has 0 bridgehead atoms. The summed E-state index contributed by atoms with van der Waals surface area (Å²) in [4.78, 5) is 0. The molecule has 0 fully saturated rings. The van der Waals surface area contributed by atoms with Crippen LogP contribution in [0.5, 0.6) is 0 Å². The van der Waals surface area contributed by atoms with Gasteiger partial charge in [0.25, 0.3) is 0 Å². The number of halogens is 1. The summed E-state index contributed by atoms with van der Waals surface area (Å²) in [5.41, 5.74) is 0. The molecule has 0 aromatic rings. The Balaban J connectivity index is 3.50. The van der Waals surface area contributed by atoms with Gasteiger partial charge in [0.2, 0.25) is 0 Å². The lowest BCUT2D eigenvalue weighted by Crippen LogP contribution is -2.12. The van der Waals surface area contributed by atoms with Crippen LogP contribution < -0.4 is 0 Å². The molecule has 0 spiro atoms. The van der Waals surface area contributed by atoms with Crippen LogP contribution in [0, 0.1) is 23.7 Å². The number of alkyl halides is 1. The number of hydrogen-bond acceptors (Lipinski definition) is 2. The molecule has 182 valence electrons. The zero-order chi connectivity index (χ0) is 22.6.